The number of benzene rings is 1. The van der Waals surface area contributed by atoms with Crippen LogP contribution < -0.4 is 10.1 Å². The Bertz CT molecular complexity index is 423. The first kappa shape index (κ1) is 12.7. The van der Waals surface area contributed by atoms with Crippen molar-refractivity contribution in [1.82, 2.24) is 0 Å². The summed E-state index contributed by atoms with van der Waals surface area (Å²) in [5.74, 6) is 0.916. The second kappa shape index (κ2) is 4.52. The van der Waals surface area contributed by atoms with Gasteiger partial charge in [0.25, 0.3) is 0 Å². The van der Waals surface area contributed by atoms with Crippen molar-refractivity contribution in [3.05, 3.63) is 22.2 Å². The zero-order valence-corrected chi connectivity index (χ0v) is 12.5. The molecule has 1 aliphatic rings. The predicted molar refractivity (Wildman–Crippen MR) is 75.9 cm³/mol. The van der Waals surface area contributed by atoms with Crippen molar-refractivity contribution in [2.45, 2.75) is 39.7 Å². The Morgan fingerprint density at radius 2 is 2.06 bits per heavy atom. The number of hydrogen-bond donors (Lipinski definition) is 1. The van der Waals surface area contributed by atoms with E-state index >= 15 is 0 Å². The Kier molecular flexibility index (Phi) is 3.39. The van der Waals surface area contributed by atoms with E-state index < -0.39 is 0 Å². The van der Waals surface area contributed by atoms with Crippen LogP contribution in [-0.4, -0.2) is 13.2 Å². The minimum atomic E-state index is 0.296. The van der Waals surface area contributed by atoms with E-state index in [2.05, 4.69) is 54.2 Å². The number of hydrogen-bond acceptors (Lipinski definition) is 2. The van der Waals surface area contributed by atoms with Gasteiger partial charge in [0.1, 0.15) is 5.75 Å². The van der Waals surface area contributed by atoms with Gasteiger partial charge in [0.2, 0.25) is 0 Å². The number of ether oxygens (including phenoxy) is 1. The van der Waals surface area contributed by atoms with Gasteiger partial charge in [-0.05, 0) is 51.9 Å². The van der Waals surface area contributed by atoms with Gasteiger partial charge in [-0.2, -0.15) is 0 Å². The zero-order valence-electron chi connectivity index (χ0n) is 10.9. The molecule has 0 aromatic heterocycles. The molecule has 1 N–H and O–H groups in total. The maximum atomic E-state index is 5.33. The summed E-state index contributed by atoms with van der Waals surface area (Å²) in [5.41, 5.74) is 2.89. The smallest absolute Gasteiger partial charge is 0.133 e. The van der Waals surface area contributed by atoms with Gasteiger partial charge in [0.05, 0.1) is 11.6 Å². The van der Waals surface area contributed by atoms with Gasteiger partial charge >= 0.3 is 0 Å². The van der Waals surface area contributed by atoms with Gasteiger partial charge < -0.3 is 10.1 Å². The normalized spacial score (nSPS) is 19.5. The lowest BCUT2D eigenvalue weighted by Gasteiger charge is -2.36. The molecule has 0 amide bonds. The van der Waals surface area contributed by atoms with Crippen molar-refractivity contribution < 1.29 is 4.74 Å². The van der Waals surface area contributed by atoms with Crippen LogP contribution in [0.25, 0.3) is 0 Å². The molecule has 0 radical (unpaired) electrons. The van der Waals surface area contributed by atoms with E-state index in [9.17, 15) is 0 Å². The predicted octanol–water partition coefficient (Wildman–Crippen LogP) is 4.23. The Morgan fingerprint density at radius 1 is 1.35 bits per heavy atom. The quantitative estimate of drug-likeness (QED) is 0.837. The second-order valence-electron chi connectivity index (χ2n) is 5.75. The topological polar surface area (TPSA) is 21.3 Å². The van der Waals surface area contributed by atoms with Gasteiger partial charge in [-0.15, -0.1) is 0 Å². The lowest BCUT2D eigenvalue weighted by Crippen LogP contribution is -2.37. The molecule has 17 heavy (non-hydrogen) atoms. The first-order chi connectivity index (χ1) is 7.91. The minimum absolute atomic E-state index is 0.296. The zero-order chi connectivity index (χ0) is 12.6. The molecule has 0 fully saturated rings. The monoisotopic (exact) mass is 297 g/mol. The lowest BCUT2D eigenvalue weighted by atomic mass is 9.81. The molecule has 1 unspecified atom stereocenters. The van der Waals surface area contributed by atoms with Gasteiger partial charge in [-0.25, -0.2) is 0 Å². The fraction of sp³-hybridized carbons (Fsp3) is 0.571. The highest BCUT2D eigenvalue weighted by molar-refractivity contribution is 9.10. The number of methoxy groups -OCH3 is 1. The van der Waals surface area contributed by atoms with Crippen LogP contribution in [0, 0.1) is 5.41 Å². The van der Waals surface area contributed by atoms with Crippen LogP contribution in [0.5, 0.6) is 5.75 Å². The van der Waals surface area contributed by atoms with E-state index in [0.717, 1.165) is 16.6 Å². The standard InChI is InChI=1S/C14H20BrNO/c1-14(2,3)13-6-5-9-7-12(17-4)10(15)8-11(9)16-13/h7-8,13,16H,5-6H2,1-4H3. The molecule has 2 rings (SSSR count). The molecule has 1 atom stereocenters. The third-order valence-electron chi connectivity index (χ3n) is 3.46. The number of anilines is 1. The van der Waals surface area contributed by atoms with E-state index in [0.29, 0.717) is 11.5 Å². The number of aryl methyl sites for hydroxylation is 1. The van der Waals surface area contributed by atoms with Gasteiger partial charge in [0, 0.05) is 11.7 Å². The summed E-state index contributed by atoms with van der Waals surface area (Å²) in [6.07, 6.45) is 2.30. The largest absolute Gasteiger partial charge is 0.496 e. The van der Waals surface area contributed by atoms with Crippen molar-refractivity contribution in [2.75, 3.05) is 12.4 Å². The maximum Gasteiger partial charge on any atom is 0.133 e. The molecule has 0 spiro atoms. The number of fused-ring (bicyclic) bond motifs is 1. The van der Waals surface area contributed by atoms with Gasteiger partial charge in [-0.1, -0.05) is 20.8 Å². The third-order valence-corrected chi connectivity index (χ3v) is 4.07. The van der Waals surface area contributed by atoms with Crippen LogP contribution in [0.1, 0.15) is 32.8 Å². The maximum absolute atomic E-state index is 5.33. The third kappa shape index (κ3) is 2.59. The molecule has 3 heteroatoms. The van der Waals surface area contributed by atoms with Crippen molar-refractivity contribution in [3.8, 4) is 5.75 Å². The Balaban J connectivity index is 2.30. The van der Waals surface area contributed by atoms with Crippen LogP contribution in [0.3, 0.4) is 0 Å². The highest BCUT2D eigenvalue weighted by atomic mass is 79.9. The molecule has 94 valence electrons. The highest BCUT2D eigenvalue weighted by Gasteiger charge is 2.28. The van der Waals surface area contributed by atoms with Crippen LogP contribution in [0.15, 0.2) is 16.6 Å². The number of rotatable bonds is 1. The summed E-state index contributed by atoms with van der Waals surface area (Å²) in [7, 11) is 1.71. The molecule has 0 saturated carbocycles. The molecule has 0 aliphatic carbocycles. The fourth-order valence-corrected chi connectivity index (χ4v) is 2.81. The molecule has 0 saturated heterocycles. The van der Waals surface area contributed by atoms with Gasteiger partial charge in [0.15, 0.2) is 0 Å². The van der Waals surface area contributed by atoms with E-state index in [1.54, 1.807) is 7.11 Å². The fourth-order valence-electron chi connectivity index (χ4n) is 2.30. The molecule has 1 heterocycles. The van der Waals surface area contributed by atoms with Crippen LogP contribution in [0.4, 0.5) is 5.69 Å². The van der Waals surface area contributed by atoms with Gasteiger partial charge in [-0.3, -0.25) is 0 Å². The Hall–Kier alpha value is -0.700. The number of nitrogens with one attached hydrogen (secondary N) is 1. The molecular weight excluding hydrogens is 278 g/mol. The molecular formula is C14H20BrNO. The van der Waals surface area contributed by atoms with Crippen molar-refractivity contribution >= 4 is 21.6 Å². The van der Waals surface area contributed by atoms with Crippen LogP contribution in [-0.2, 0) is 6.42 Å². The first-order valence-corrected chi connectivity index (χ1v) is 6.84. The summed E-state index contributed by atoms with van der Waals surface area (Å²) < 4.78 is 6.35. The summed E-state index contributed by atoms with van der Waals surface area (Å²) in [5, 5.41) is 3.64. The average Bonchev–Trinajstić information content (AvgIpc) is 2.26. The van der Waals surface area contributed by atoms with Crippen LogP contribution in [0.2, 0.25) is 0 Å². The summed E-state index contributed by atoms with van der Waals surface area (Å²) in [6, 6.07) is 4.80. The Morgan fingerprint density at radius 3 is 2.65 bits per heavy atom. The minimum Gasteiger partial charge on any atom is -0.496 e. The van der Waals surface area contributed by atoms with E-state index in [1.165, 1.54) is 17.7 Å². The lowest BCUT2D eigenvalue weighted by molar-refractivity contribution is 0.320. The average molecular weight is 298 g/mol. The van der Waals surface area contributed by atoms with Crippen molar-refractivity contribution in [1.29, 1.82) is 0 Å². The number of halogens is 1. The molecule has 2 nitrogen and oxygen atoms in total. The molecule has 1 aromatic carbocycles. The molecule has 1 aliphatic heterocycles. The van der Waals surface area contributed by atoms with Crippen molar-refractivity contribution in [2.24, 2.45) is 5.41 Å². The van der Waals surface area contributed by atoms with E-state index in [-0.39, 0.29) is 0 Å². The second-order valence-corrected chi connectivity index (χ2v) is 6.60. The summed E-state index contributed by atoms with van der Waals surface area (Å²) in [4.78, 5) is 0. The molecule has 1 aromatic rings. The van der Waals surface area contributed by atoms with E-state index in [1.807, 2.05) is 0 Å². The van der Waals surface area contributed by atoms with Crippen LogP contribution >= 0.6 is 15.9 Å². The summed E-state index contributed by atoms with van der Waals surface area (Å²) >= 11 is 3.54. The summed E-state index contributed by atoms with van der Waals surface area (Å²) in [6.45, 7) is 6.86. The van der Waals surface area contributed by atoms with E-state index in [4.69, 9.17) is 4.74 Å². The highest BCUT2D eigenvalue weighted by Crippen LogP contribution is 2.38. The molecule has 0 bridgehead atoms. The van der Waals surface area contributed by atoms with Crippen molar-refractivity contribution in [3.63, 3.8) is 0 Å². The Labute approximate surface area is 112 Å². The SMILES string of the molecule is COc1cc2c(cc1Br)NC(C(C)(C)C)CC2. The first-order valence-electron chi connectivity index (χ1n) is 6.05.